The number of rotatable bonds is 0. The average molecular weight is 323 g/mol. The van der Waals surface area contributed by atoms with E-state index in [1.54, 1.807) is 24.3 Å². The number of hydrogen-bond donors (Lipinski definition) is 0. The molecule has 0 fully saturated rings. The normalized spacial score (nSPS) is 7.40. The van der Waals surface area contributed by atoms with Crippen LogP contribution in [0.3, 0.4) is 0 Å². The van der Waals surface area contributed by atoms with Gasteiger partial charge in [-0.3, -0.25) is 0 Å². The third-order valence-corrected chi connectivity index (χ3v) is 1.31. The maximum absolute atomic E-state index is 5.55. The van der Waals surface area contributed by atoms with E-state index >= 15 is 0 Å². The van der Waals surface area contributed by atoms with E-state index in [-0.39, 0.29) is 64.1 Å². The first kappa shape index (κ1) is 14.2. The standard InChI is InChI=1S/C6H4Cl2.Ba.ClH.2H/c7-5-1-2-6(8)4-3-5;;;;/h1-4H;;1H;;/q;+2;;2*-1. The molecule has 0 heterocycles. The van der Waals surface area contributed by atoms with Crippen molar-refractivity contribution in [2.75, 3.05) is 0 Å². The van der Waals surface area contributed by atoms with Gasteiger partial charge in [0.05, 0.1) is 0 Å². The first-order chi connectivity index (χ1) is 3.79. The van der Waals surface area contributed by atoms with E-state index in [1.165, 1.54) is 0 Å². The molecule has 0 radical (unpaired) electrons. The van der Waals surface area contributed by atoms with Gasteiger partial charge in [0.25, 0.3) is 0 Å². The molecule has 0 N–H and O–H groups in total. The van der Waals surface area contributed by atoms with Gasteiger partial charge in [-0.2, -0.15) is 0 Å². The molecule has 0 aliphatic rings. The molecule has 1 aromatic carbocycles. The Hall–Kier alpha value is 1.66. The second kappa shape index (κ2) is 7.32. The van der Waals surface area contributed by atoms with Crippen molar-refractivity contribution in [3.63, 3.8) is 0 Å². The van der Waals surface area contributed by atoms with Gasteiger partial charge in [0.2, 0.25) is 0 Å². The van der Waals surface area contributed by atoms with Gasteiger partial charge in [-0.15, -0.1) is 12.4 Å². The molecule has 0 aromatic heterocycles. The van der Waals surface area contributed by atoms with Crippen molar-refractivity contribution in [2.24, 2.45) is 0 Å². The Balaban J connectivity index is -0.0000000800. The third-order valence-electron chi connectivity index (χ3n) is 0.804. The van der Waals surface area contributed by atoms with Gasteiger partial charge in [-0.05, 0) is 24.3 Å². The second-order valence-electron chi connectivity index (χ2n) is 1.44. The molecule has 10 heavy (non-hydrogen) atoms. The summed E-state index contributed by atoms with van der Waals surface area (Å²) in [5.41, 5.74) is 0. The van der Waals surface area contributed by atoms with Crippen LogP contribution in [-0.2, 0) is 0 Å². The molecule has 4 heteroatoms. The minimum absolute atomic E-state index is 0. The molecular formula is C6H7BaCl3. The van der Waals surface area contributed by atoms with Crippen LogP contribution in [0.25, 0.3) is 0 Å². The average Bonchev–Trinajstić information content (AvgIpc) is 1.77. The van der Waals surface area contributed by atoms with Crippen LogP contribution in [-0.4, -0.2) is 48.9 Å². The predicted molar refractivity (Wildman–Crippen MR) is 51.7 cm³/mol. The molecule has 1 aromatic rings. The van der Waals surface area contributed by atoms with Crippen molar-refractivity contribution < 1.29 is 2.85 Å². The maximum Gasteiger partial charge on any atom is 2.00 e. The van der Waals surface area contributed by atoms with Crippen LogP contribution in [0.2, 0.25) is 10.0 Å². The van der Waals surface area contributed by atoms with Gasteiger partial charge in [0.1, 0.15) is 0 Å². The zero-order valence-corrected chi connectivity index (χ0v) is 11.9. The zero-order chi connectivity index (χ0) is 5.98. The summed E-state index contributed by atoms with van der Waals surface area (Å²) in [7, 11) is 0. The van der Waals surface area contributed by atoms with E-state index in [0.717, 1.165) is 10.0 Å². The van der Waals surface area contributed by atoms with Crippen molar-refractivity contribution in [3.8, 4) is 0 Å². The first-order valence-electron chi connectivity index (χ1n) is 2.20. The number of benzene rings is 1. The topological polar surface area (TPSA) is 0 Å². The fourth-order valence-corrected chi connectivity index (χ4v) is 0.682. The van der Waals surface area contributed by atoms with Crippen molar-refractivity contribution in [2.45, 2.75) is 0 Å². The van der Waals surface area contributed by atoms with Crippen LogP contribution < -0.4 is 0 Å². The fourth-order valence-electron chi connectivity index (χ4n) is 0.430. The van der Waals surface area contributed by atoms with Crippen LogP contribution in [0.1, 0.15) is 2.85 Å². The molecule has 0 atom stereocenters. The molecule has 0 saturated heterocycles. The molecule has 0 bridgehead atoms. The molecule has 0 spiro atoms. The van der Waals surface area contributed by atoms with E-state index in [1.807, 2.05) is 0 Å². The van der Waals surface area contributed by atoms with Crippen LogP contribution in [0.5, 0.6) is 0 Å². The van der Waals surface area contributed by atoms with Crippen molar-refractivity contribution in [1.29, 1.82) is 0 Å². The summed E-state index contributed by atoms with van der Waals surface area (Å²) >= 11 is 11.1. The van der Waals surface area contributed by atoms with E-state index in [2.05, 4.69) is 0 Å². The summed E-state index contributed by atoms with van der Waals surface area (Å²) in [4.78, 5) is 0. The summed E-state index contributed by atoms with van der Waals surface area (Å²) in [6.07, 6.45) is 0. The zero-order valence-electron chi connectivity index (χ0n) is 7.18. The summed E-state index contributed by atoms with van der Waals surface area (Å²) in [5, 5.41) is 1.43. The minimum atomic E-state index is 0. The molecule has 1 rings (SSSR count). The van der Waals surface area contributed by atoms with E-state index in [0.29, 0.717) is 0 Å². The summed E-state index contributed by atoms with van der Waals surface area (Å²) in [6, 6.07) is 7.02. The van der Waals surface area contributed by atoms with Crippen LogP contribution in [0.4, 0.5) is 0 Å². The Bertz CT molecular complexity index is 160. The van der Waals surface area contributed by atoms with Crippen LogP contribution >= 0.6 is 35.6 Å². The molecule has 0 amide bonds. The van der Waals surface area contributed by atoms with E-state index in [4.69, 9.17) is 23.2 Å². The van der Waals surface area contributed by atoms with Gasteiger partial charge in [-0.1, -0.05) is 23.2 Å². The fraction of sp³-hybridized carbons (Fsp3) is 0. The minimum Gasteiger partial charge on any atom is -1.00 e. The first-order valence-corrected chi connectivity index (χ1v) is 2.96. The van der Waals surface area contributed by atoms with Crippen LogP contribution in [0, 0.1) is 0 Å². The van der Waals surface area contributed by atoms with Gasteiger partial charge in [0, 0.05) is 10.0 Å². The quantitative estimate of drug-likeness (QED) is 0.643. The van der Waals surface area contributed by atoms with Crippen molar-refractivity contribution in [1.82, 2.24) is 0 Å². The largest absolute Gasteiger partial charge is 2.00 e. The molecule has 0 aliphatic heterocycles. The second-order valence-corrected chi connectivity index (χ2v) is 2.31. The molecular weight excluding hydrogens is 316 g/mol. The van der Waals surface area contributed by atoms with Gasteiger partial charge >= 0.3 is 48.9 Å². The van der Waals surface area contributed by atoms with Crippen molar-refractivity contribution in [3.05, 3.63) is 34.3 Å². The summed E-state index contributed by atoms with van der Waals surface area (Å²) in [6.45, 7) is 0. The van der Waals surface area contributed by atoms with Gasteiger partial charge < -0.3 is 2.85 Å². The smallest absolute Gasteiger partial charge is 1.00 e. The van der Waals surface area contributed by atoms with E-state index in [9.17, 15) is 0 Å². The number of halogens is 3. The Morgan fingerprint density at radius 1 is 0.900 bits per heavy atom. The Morgan fingerprint density at radius 2 is 1.10 bits per heavy atom. The summed E-state index contributed by atoms with van der Waals surface area (Å²) in [5.74, 6) is 0. The number of hydrogen-bond acceptors (Lipinski definition) is 0. The van der Waals surface area contributed by atoms with E-state index < -0.39 is 0 Å². The maximum atomic E-state index is 5.55. The van der Waals surface area contributed by atoms with Gasteiger partial charge in [-0.25, -0.2) is 0 Å². The molecule has 0 aliphatic carbocycles. The van der Waals surface area contributed by atoms with Crippen molar-refractivity contribution >= 4 is 84.5 Å². The van der Waals surface area contributed by atoms with Gasteiger partial charge in [0.15, 0.2) is 0 Å². The molecule has 0 saturated carbocycles. The molecule has 54 valence electrons. The third kappa shape index (κ3) is 5.33. The Labute approximate surface area is 120 Å². The summed E-state index contributed by atoms with van der Waals surface area (Å²) < 4.78 is 0. The monoisotopic (exact) mass is 322 g/mol. The SMILES string of the molecule is Cl.Clc1ccc(Cl)cc1.[Ba+2].[H-].[H-]. The predicted octanol–water partition coefficient (Wildman–Crippen LogP) is 3.26. The molecule has 0 nitrogen and oxygen atoms in total. The van der Waals surface area contributed by atoms with Crippen LogP contribution in [0.15, 0.2) is 24.3 Å². The molecule has 0 unspecified atom stereocenters. The Kier molecular flexibility index (Phi) is 10.4. The Morgan fingerprint density at radius 3 is 1.30 bits per heavy atom.